The summed E-state index contributed by atoms with van der Waals surface area (Å²) in [7, 11) is -3.83. The molecule has 1 saturated carbocycles. The maximum Gasteiger partial charge on any atom is 0.355 e. The summed E-state index contributed by atoms with van der Waals surface area (Å²) in [5, 5.41) is 21.4. The van der Waals surface area contributed by atoms with Crippen molar-refractivity contribution in [3.8, 4) is 27.9 Å². The number of aromatic carboxylic acids is 1. The molecule has 4 aromatic rings. The highest BCUT2D eigenvalue weighted by Crippen LogP contribution is 2.45. The van der Waals surface area contributed by atoms with Crippen LogP contribution in [0.3, 0.4) is 0 Å². The number of hydrogen-bond donors (Lipinski definition) is 2. The molecule has 1 aliphatic rings. The number of rotatable bonds is 7. The van der Waals surface area contributed by atoms with Gasteiger partial charge in [0, 0.05) is 16.9 Å². The first kappa shape index (κ1) is 23.2. The molecule has 3 N–H and O–H groups in total. The summed E-state index contributed by atoms with van der Waals surface area (Å²) < 4.78 is 31.3. The van der Waals surface area contributed by atoms with E-state index in [1.54, 1.807) is 16.8 Å². The average molecular weight is 511 g/mol. The Labute approximate surface area is 205 Å². The van der Waals surface area contributed by atoms with Crippen LogP contribution in [0.25, 0.3) is 16.4 Å². The molecule has 0 radical (unpaired) electrons. The molecule has 0 atom stereocenters. The summed E-state index contributed by atoms with van der Waals surface area (Å²) >= 11 is 1.19. The molecule has 9 nitrogen and oxygen atoms in total. The van der Waals surface area contributed by atoms with Crippen molar-refractivity contribution in [2.24, 2.45) is 5.14 Å². The van der Waals surface area contributed by atoms with Crippen LogP contribution in [-0.2, 0) is 10.0 Å². The van der Waals surface area contributed by atoms with Gasteiger partial charge >= 0.3 is 5.97 Å². The van der Waals surface area contributed by atoms with Gasteiger partial charge in [-0.3, -0.25) is 0 Å². The van der Waals surface area contributed by atoms with Crippen molar-refractivity contribution >= 4 is 27.3 Å². The number of ether oxygens (including phenoxy) is 1. The van der Waals surface area contributed by atoms with Crippen molar-refractivity contribution in [2.75, 3.05) is 0 Å². The Kier molecular flexibility index (Phi) is 6.13. The number of nitrogens with two attached hydrogens (primary N) is 1. The predicted molar refractivity (Wildman–Crippen MR) is 131 cm³/mol. The van der Waals surface area contributed by atoms with Crippen molar-refractivity contribution < 1.29 is 23.1 Å². The first-order valence-electron chi connectivity index (χ1n) is 11.0. The summed E-state index contributed by atoms with van der Waals surface area (Å²) in [6.45, 7) is 0. The number of sulfonamides is 1. The quantitative estimate of drug-likeness (QED) is 0.364. The lowest BCUT2D eigenvalue weighted by molar-refractivity contribution is 0.0691. The molecule has 1 aliphatic carbocycles. The third-order valence-electron chi connectivity index (χ3n) is 5.92. The zero-order valence-electron chi connectivity index (χ0n) is 18.5. The number of carboxylic acids is 1. The van der Waals surface area contributed by atoms with E-state index in [9.17, 15) is 18.3 Å². The number of nitrogens with zero attached hydrogens (tertiary/aromatic N) is 3. The molecule has 1 fully saturated rings. The lowest BCUT2D eigenvalue weighted by Gasteiger charge is -2.13. The maximum absolute atomic E-state index is 11.7. The third-order valence-corrected chi connectivity index (χ3v) is 7.67. The second kappa shape index (κ2) is 9.25. The SMILES string of the molecule is NS(=O)(=O)c1ccc(Oc2c(C3CCCC3)nn(-c3nc(C(=O)O)cs3)c2-c2ccccc2)cc1. The number of thiazole rings is 1. The Morgan fingerprint density at radius 3 is 2.37 bits per heavy atom. The monoisotopic (exact) mass is 510 g/mol. The van der Waals surface area contributed by atoms with Crippen LogP contribution in [0.2, 0.25) is 0 Å². The van der Waals surface area contributed by atoms with Crippen molar-refractivity contribution in [3.05, 3.63) is 71.4 Å². The predicted octanol–water partition coefficient (Wildman–Crippen LogP) is 4.79. The summed E-state index contributed by atoms with van der Waals surface area (Å²) in [4.78, 5) is 15.7. The Balaban J connectivity index is 1.68. The number of benzene rings is 2. The number of carbonyl (C=O) groups is 1. The molecule has 0 bridgehead atoms. The maximum atomic E-state index is 11.7. The van der Waals surface area contributed by atoms with Gasteiger partial charge in [0.15, 0.2) is 11.4 Å². The van der Waals surface area contributed by atoms with E-state index >= 15 is 0 Å². The van der Waals surface area contributed by atoms with Crippen LogP contribution in [-0.4, -0.2) is 34.3 Å². The van der Waals surface area contributed by atoms with Gasteiger partial charge in [0.25, 0.3) is 0 Å². The first-order chi connectivity index (χ1) is 16.8. The van der Waals surface area contributed by atoms with Crippen molar-refractivity contribution in [1.82, 2.24) is 14.8 Å². The van der Waals surface area contributed by atoms with Crippen molar-refractivity contribution in [2.45, 2.75) is 36.5 Å². The lowest BCUT2D eigenvalue weighted by atomic mass is 10.0. The van der Waals surface area contributed by atoms with E-state index < -0.39 is 16.0 Å². The van der Waals surface area contributed by atoms with Crippen LogP contribution in [0.15, 0.2) is 64.9 Å². The van der Waals surface area contributed by atoms with Crippen LogP contribution in [0.1, 0.15) is 47.8 Å². The number of primary sulfonamides is 1. The minimum Gasteiger partial charge on any atom is -0.476 e. The summed E-state index contributed by atoms with van der Waals surface area (Å²) in [5.41, 5.74) is 2.19. The second-order valence-corrected chi connectivity index (χ2v) is 10.7. The highest BCUT2D eigenvalue weighted by atomic mass is 32.2. The van der Waals surface area contributed by atoms with Gasteiger partial charge in [0.05, 0.1) is 4.90 Å². The normalized spacial score (nSPS) is 14.3. The molecule has 11 heteroatoms. The van der Waals surface area contributed by atoms with Crippen LogP contribution >= 0.6 is 11.3 Å². The van der Waals surface area contributed by atoms with E-state index in [2.05, 4.69) is 4.98 Å². The van der Waals surface area contributed by atoms with Gasteiger partial charge in [-0.1, -0.05) is 43.2 Å². The fourth-order valence-electron chi connectivity index (χ4n) is 4.25. The minimum absolute atomic E-state index is 0.0103. The van der Waals surface area contributed by atoms with Crippen molar-refractivity contribution in [1.29, 1.82) is 0 Å². The molecule has 0 saturated heterocycles. The van der Waals surface area contributed by atoms with Crippen LogP contribution in [0, 0.1) is 0 Å². The Morgan fingerprint density at radius 1 is 1.09 bits per heavy atom. The summed E-state index contributed by atoms with van der Waals surface area (Å²) in [5.74, 6) is 0.0388. The number of aromatic nitrogens is 3. The topological polar surface area (TPSA) is 137 Å². The van der Waals surface area contributed by atoms with Gasteiger partial charge < -0.3 is 9.84 Å². The second-order valence-electron chi connectivity index (χ2n) is 8.26. The minimum atomic E-state index is -3.83. The number of carboxylic acid groups (broad SMARTS) is 1. The van der Waals surface area contributed by atoms with Crippen molar-refractivity contribution in [3.63, 3.8) is 0 Å². The highest BCUT2D eigenvalue weighted by Gasteiger charge is 2.31. The van der Waals surface area contributed by atoms with Gasteiger partial charge in [-0.25, -0.2) is 28.0 Å². The molecule has 2 heterocycles. The van der Waals surface area contributed by atoms with Gasteiger partial charge in [-0.2, -0.15) is 5.10 Å². The Morgan fingerprint density at radius 2 is 1.77 bits per heavy atom. The fourth-order valence-corrected chi connectivity index (χ4v) is 5.52. The largest absolute Gasteiger partial charge is 0.476 e. The zero-order valence-corrected chi connectivity index (χ0v) is 20.1. The van der Waals surface area contributed by atoms with Gasteiger partial charge in [0.2, 0.25) is 15.2 Å². The van der Waals surface area contributed by atoms with Crippen LogP contribution < -0.4 is 9.88 Å². The van der Waals surface area contributed by atoms with Crippen LogP contribution in [0.5, 0.6) is 11.5 Å². The standard InChI is InChI=1S/C24H22N4O5S2/c25-35(31,32)18-12-10-17(11-13-18)33-22-20(15-6-4-5-7-15)27-28(21(22)16-8-2-1-3-9-16)24-26-19(14-34-24)23(29)30/h1-3,8-15H,4-7H2,(H,29,30)(H2,25,31,32). The molecular weight excluding hydrogens is 488 g/mol. The first-order valence-corrected chi connectivity index (χ1v) is 13.4. The third kappa shape index (κ3) is 4.70. The Bertz CT molecular complexity index is 1470. The zero-order chi connectivity index (χ0) is 24.6. The van der Waals surface area contributed by atoms with E-state index in [4.69, 9.17) is 15.0 Å². The van der Waals surface area contributed by atoms with Gasteiger partial charge in [-0.05, 0) is 37.1 Å². The van der Waals surface area contributed by atoms with E-state index in [-0.39, 0.29) is 16.5 Å². The van der Waals surface area contributed by atoms with E-state index in [1.165, 1.54) is 28.8 Å². The highest BCUT2D eigenvalue weighted by molar-refractivity contribution is 7.89. The van der Waals surface area contributed by atoms with E-state index in [1.807, 2.05) is 30.3 Å². The molecule has 0 unspecified atom stereocenters. The number of hydrogen-bond acceptors (Lipinski definition) is 7. The lowest BCUT2D eigenvalue weighted by Crippen LogP contribution is -2.11. The average Bonchev–Trinajstić information content (AvgIpc) is 3.59. The molecule has 5 rings (SSSR count). The molecular formula is C24H22N4O5S2. The fraction of sp³-hybridized carbons (Fsp3) is 0.208. The smallest absolute Gasteiger partial charge is 0.355 e. The van der Waals surface area contributed by atoms with Crippen LogP contribution in [0.4, 0.5) is 0 Å². The van der Waals surface area contributed by atoms with Gasteiger partial charge in [0.1, 0.15) is 17.1 Å². The van der Waals surface area contributed by atoms with E-state index in [0.29, 0.717) is 22.3 Å². The molecule has 0 aliphatic heterocycles. The molecule has 35 heavy (non-hydrogen) atoms. The molecule has 0 amide bonds. The van der Waals surface area contributed by atoms with Gasteiger partial charge in [-0.15, -0.1) is 11.3 Å². The molecule has 2 aromatic heterocycles. The summed E-state index contributed by atoms with van der Waals surface area (Å²) in [6.07, 6.45) is 4.09. The van der Waals surface area contributed by atoms with E-state index in [0.717, 1.165) is 36.9 Å². The Hall–Kier alpha value is -3.54. The summed E-state index contributed by atoms with van der Waals surface area (Å²) in [6, 6.07) is 15.4. The molecule has 0 spiro atoms. The molecule has 2 aromatic carbocycles. The molecule has 180 valence electrons.